The van der Waals surface area contributed by atoms with Crippen LogP contribution in [0, 0.1) is 3.57 Å². The molecule has 1 aliphatic rings. The van der Waals surface area contributed by atoms with Gasteiger partial charge in [-0.1, -0.05) is 19.1 Å². The average Bonchev–Trinajstić information content (AvgIpc) is 2.47. The molecule has 108 valence electrons. The predicted octanol–water partition coefficient (Wildman–Crippen LogP) is 2.38. The SMILES string of the molecule is CCCC(=O)N1CCN(C(=O)c2ccccc2I)CC1. The van der Waals surface area contributed by atoms with E-state index < -0.39 is 0 Å². The maximum atomic E-state index is 12.4. The minimum absolute atomic E-state index is 0.0672. The molecule has 0 aromatic heterocycles. The summed E-state index contributed by atoms with van der Waals surface area (Å²) in [5, 5.41) is 0. The van der Waals surface area contributed by atoms with Crippen molar-refractivity contribution >= 4 is 34.4 Å². The zero-order valence-corrected chi connectivity index (χ0v) is 13.8. The first-order valence-electron chi connectivity index (χ1n) is 6.95. The second kappa shape index (κ2) is 7.06. The Labute approximate surface area is 133 Å². The maximum absolute atomic E-state index is 12.4. The number of hydrogen-bond acceptors (Lipinski definition) is 2. The number of halogens is 1. The molecule has 5 heteroatoms. The summed E-state index contributed by atoms with van der Waals surface area (Å²) in [7, 11) is 0. The van der Waals surface area contributed by atoms with Crippen LogP contribution in [0.25, 0.3) is 0 Å². The Morgan fingerprint density at radius 2 is 1.70 bits per heavy atom. The van der Waals surface area contributed by atoms with Crippen LogP contribution in [0.3, 0.4) is 0 Å². The summed E-state index contributed by atoms with van der Waals surface area (Å²) in [6.45, 7) is 4.55. The van der Waals surface area contributed by atoms with Crippen LogP contribution in [-0.2, 0) is 4.79 Å². The summed E-state index contributed by atoms with van der Waals surface area (Å²) in [6, 6.07) is 7.61. The smallest absolute Gasteiger partial charge is 0.255 e. The molecule has 1 saturated heterocycles. The molecular weight excluding hydrogens is 367 g/mol. The Bertz CT molecular complexity index is 496. The van der Waals surface area contributed by atoms with E-state index in [1.807, 2.05) is 41.0 Å². The van der Waals surface area contributed by atoms with E-state index >= 15 is 0 Å². The van der Waals surface area contributed by atoms with E-state index in [-0.39, 0.29) is 11.8 Å². The normalized spacial score (nSPS) is 15.3. The number of carbonyl (C=O) groups excluding carboxylic acids is 2. The summed E-state index contributed by atoms with van der Waals surface area (Å²) in [4.78, 5) is 28.0. The number of nitrogens with zero attached hydrogens (tertiary/aromatic N) is 2. The van der Waals surface area contributed by atoms with Gasteiger partial charge in [0.2, 0.25) is 5.91 Å². The van der Waals surface area contributed by atoms with Crippen LogP contribution < -0.4 is 0 Å². The lowest BCUT2D eigenvalue weighted by Gasteiger charge is -2.35. The Morgan fingerprint density at radius 1 is 1.10 bits per heavy atom. The first-order valence-corrected chi connectivity index (χ1v) is 8.03. The zero-order valence-electron chi connectivity index (χ0n) is 11.6. The Hall–Kier alpha value is -1.11. The van der Waals surface area contributed by atoms with Gasteiger partial charge in [0.25, 0.3) is 5.91 Å². The summed E-state index contributed by atoms with van der Waals surface area (Å²) < 4.78 is 0.972. The van der Waals surface area contributed by atoms with Crippen molar-refractivity contribution in [3.05, 3.63) is 33.4 Å². The molecule has 1 fully saturated rings. The van der Waals surface area contributed by atoms with E-state index in [1.54, 1.807) is 0 Å². The molecular formula is C15H19IN2O2. The monoisotopic (exact) mass is 386 g/mol. The van der Waals surface area contributed by atoms with Crippen LogP contribution in [0.4, 0.5) is 0 Å². The molecule has 1 heterocycles. The van der Waals surface area contributed by atoms with Gasteiger partial charge in [-0.15, -0.1) is 0 Å². The molecule has 2 rings (SSSR count). The number of rotatable bonds is 3. The van der Waals surface area contributed by atoms with Gasteiger partial charge in [0, 0.05) is 36.2 Å². The van der Waals surface area contributed by atoms with Gasteiger partial charge in [-0.25, -0.2) is 0 Å². The molecule has 0 spiro atoms. The molecule has 0 radical (unpaired) electrons. The molecule has 0 bridgehead atoms. The van der Waals surface area contributed by atoms with Crippen LogP contribution in [-0.4, -0.2) is 47.8 Å². The van der Waals surface area contributed by atoms with Crippen LogP contribution in [0.1, 0.15) is 30.1 Å². The third-order valence-electron chi connectivity index (χ3n) is 3.49. The lowest BCUT2D eigenvalue weighted by molar-refractivity contribution is -0.132. The van der Waals surface area contributed by atoms with E-state index in [4.69, 9.17) is 0 Å². The molecule has 1 aromatic carbocycles. The van der Waals surface area contributed by atoms with Crippen molar-refractivity contribution in [3.8, 4) is 0 Å². The maximum Gasteiger partial charge on any atom is 0.255 e. The third-order valence-corrected chi connectivity index (χ3v) is 4.43. The summed E-state index contributed by atoms with van der Waals surface area (Å²) in [6.07, 6.45) is 1.48. The van der Waals surface area contributed by atoms with E-state index in [2.05, 4.69) is 22.6 Å². The van der Waals surface area contributed by atoms with Crippen molar-refractivity contribution < 1.29 is 9.59 Å². The number of amides is 2. The van der Waals surface area contributed by atoms with Crippen molar-refractivity contribution in [1.82, 2.24) is 9.80 Å². The molecule has 1 aliphatic heterocycles. The van der Waals surface area contributed by atoms with Gasteiger partial charge in [0.1, 0.15) is 0 Å². The summed E-state index contributed by atoms with van der Waals surface area (Å²) in [5.41, 5.74) is 0.751. The molecule has 1 aromatic rings. The topological polar surface area (TPSA) is 40.6 Å². The van der Waals surface area contributed by atoms with Crippen molar-refractivity contribution in [3.63, 3.8) is 0 Å². The van der Waals surface area contributed by atoms with Crippen LogP contribution >= 0.6 is 22.6 Å². The van der Waals surface area contributed by atoms with Crippen molar-refractivity contribution in [2.45, 2.75) is 19.8 Å². The predicted molar refractivity (Wildman–Crippen MR) is 86.6 cm³/mol. The molecule has 0 saturated carbocycles. The minimum atomic E-state index is 0.0672. The quantitative estimate of drug-likeness (QED) is 0.749. The highest BCUT2D eigenvalue weighted by Gasteiger charge is 2.25. The van der Waals surface area contributed by atoms with Crippen LogP contribution in [0.15, 0.2) is 24.3 Å². The fourth-order valence-corrected chi connectivity index (χ4v) is 2.95. The highest BCUT2D eigenvalue weighted by molar-refractivity contribution is 14.1. The largest absolute Gasteiger partial charge is 0.339 e. The van der Waals surface area contributed by atoms with E-state index in [9.17, 15) is 9.59 Å². The van der Waals surface area contributed by atoms with E-state index in [1.165, 1.54) is 0 Å². The minimum Gasteiger partial charge on any atom is -0.339 e. The van der Waals surface area contributed by atoms with Gasteiger partial charge in [-0.2, -0.15) is 0 Å². The summed E-state index contributed by atoms with van der Waals surface area (Å²) in [5.74, 6) is 0.270. The Balaban J connectivity index is 1.96. The van der Waals surface area contributed by atoms with Gasteiger partial charge in [-0.3, -0.25) is 9.59 Å². The highest BCUT2D eigenvalue weighted by Crippen LogP contribution is 2.15. The average molecular weight is 386 g/mol. The van der Waals surface area contributed by atoms with Crippen molar-refractivity contribution in [2.75, 3.05) is 26.2 Å². The number of hydrogen-bond donors (Lipinski definition) is 0. The second-order valence-corrected chi connectivity index (χ2v) is 6.07. The molecule has 0 N–H and O–H groups in total. The lowest BCUT2D eigenvalue weighted by atomic mass is 10.1. The van der Waals surface area contributed by atoms with Crippen molar-refractivity contribution in [2.24, 2.45) is 0 Å². The number of piperazine rings is 1. The van der Waals surface area contributed by atoms with Crippen molar-refractivity contribution in [1.29, 1.82) is 0 Å². The summed E-state index contributed by atoms with van der Waals surface area (Å²) >= 11 is 2.19. The molecule has 2 amide bonds. The molecule has 0 atom stereocenters. The van der Waals surface area contributed by atoms with Gasteiger partial charge in [0.15, 0.2) is 0 Å². The van der Waals surface area contributed by atoms with Gasteiger partial charge in [0.05, 0.1) is 5.56 Å². The van der Waals surface area contributed by atoms with Gasteiger partial charge < -0.3 is 9.80 Å². The van der Waals surface area contributed by atoms with Gasteiger partial charge >= 0.3 is 0 Å². The first-order chi connectivity index (χ1) is 9.63. The first kappa shape index (κ1) is 15.3. The fourth-order valence-electron chi connectivity index (χ4n) is 2.34. The van der Waals surface area contributed by atoms with Crippen LogP contribution in [0.5, 0.6) is 0 Å². The molecule has 20 heavy (non-hydrogen) atoms. The Morgan fingerprint density at radius 3 is 2.30 bits per heavy atom. The van der Waals surface area contributed by atoms with E-state index in [0.717, 1.165) is 15.6 Å². The molecule has 0 unspecified atom stereocenters. The molecule has 4 nitrogen and oxygen atoms in total. The standard InChI is InChI=1S/C15H19IN2O2/c1-2-5-14(19)17-8-10-18(11-9-17)15(20)12-6-3-4-7-13(12)16/h3-4,6-7H,2,5,8-11H2,1H3. The lowest BCUT2D eigenvalue weighted by Crippen LogP contribution is -2.50. The Kier molecular flexibility index (Phi) is 5.39. The van der Waals surface area contributed by atoms with E-state index in [0.29, 0.717) is 32.6 Å². The molecule has 0 aliphatic carbocycles. The fraction of sp³-hybridized carbons (Fsp3) is 0.467. The third kappa shape index (κ3) is 3.50. The second-order valence-electron chi connectivity index (χ2n) is 4.90. The number of carbonyl (C=O) groups is 2. The van der Waals surface area contributed by atoms with Crippen LogP contribution in [0.2, 0.25) is 0 Å². The zero-order chi connectivity index (χ0) is 14.5. The number of benzene rings is 1. The van der Waals surface area contributed by atoms with Gasteiger partial charge in [-0.05, 0) is 41.1 Å². The highest BCUT2D eigenvalue weighted by atomic mass is 127.